The zero-order chi connectivity index (χ0) is 19.8. The van der Waals surface area contributed by atoms with Crippen LogP contribution in [0.25, 0.3) is 0 Å². The van der Waals surface area contributed by atoms with Crippen LogP contribution in [0.4, 0.5) is 0 Å². The van der Waals surface area contributed by atoms with Crippen LogP contribution >= 0.6 is 0 Å². The molecule has 1 aromatic carbocycles. The van der Waals surface area contributed by atoms with Crippen molar-refractivity contribution < 1.29 is 14.3 Å². The third kappa shape index (κ3) is 6.04. The molecule has 2 saturated heterocycles. The molecular formula is C22H33N3O3. The Morgan fingerprint density at radius 1 is 1.25 bits per heavy atom. The third-order valence-electron chi connectivity index (χ3n) is 5.86. The Labute approximate surface area is 168 Å². The molecule has 0 radical (unpaired) electrons. The summed E-state index contributed by atoms with van der Waals surface area (Å²) in [7, 11) is 1.86. The highest BCUT2D eigenvalue weighted by Gasteiger charge is 2.32. The predicted molar refractivity (Wildman–Crippen MR) is 109 cm³/mol. The molecule has 0 bridgehead atoms. The van der Waals surface area contributed by atoms with Gasteiger partial charge in [0.2, 0.25) is 11.8 Å². The van der Waals surface area contributed by atoms with Gasteiger partial charge in [0.25, 0.3) is 0 Å². The van der Waals surface area contributed by atoms with Crippen molar-refractivity contribution in [1.29, 1.82) is 0 Å². The average Bonchev–Trinajstić information content (AvgIpc) is 2.72. The molecule has 0 spiro atoms. The number of rotatable bonds is 8. The summed E-state index contributed by atoms with van der Waals surface area (Å²) >= 11 is 0. The number of amides is 2. The van der Waals surface area contributed by atoms with Gasteiger partial charge in [-0.3, -0.25) is 14.5 Å². The highest BCUT2D eigenvalue weighted by atomic mass is 16.5. The fourth-order valence-electron chi connectivity index (χ4n) is 4.12. The molecule has 28 heavy (non-hydrogen) atoms. The molecule has 2 aliphatic heterocycles. The molecule has 3 rings (SSSR count). The van der Waals surface area contributed by atoms with Gasteiger partial charge in [0.05, 0.1) is 12.5 Å². The molecule has 6 nitrogen and oxygen atoms in total. The average molecular weight is 388 g/mol. The van der Waals surface area contributed by atoms with Crippen molar-refractivity contribution >= 4 is 11.8 Å². The number of aryl methyl sites for hydroxylation is 1. The largest absolute Gasteiger partial charge is 0.381 e. The van der Waals surface area contributed by atoms with Crippen molar-refractivity contribution in [3.8, 4) is 0 Å². The molecule has 0 saturated carbocycles. The van der Waals surface area contributed by atoms with Crippen LogP contribution in [-0.4, -0.2) is 74.1 Å². The second-order valence-electron chi connectivity index (χ2n) is 7.97. The summed E-state index contributed by atoms with van der Waals surface area (Å²) in [6.45, 7) is 4.63. The summed E-state index contributed by atoms with van der Waals surface area (Å²) in [5.74, 6) is 0.547. The molecule has 2 heterocycles. The Balaban J connectivity index is 1.49. The van der Waals surface area contributed by atoms with Gasteiger partial charge in [-0.05, 0) is 43.7 Å². The summed E-state index contributed by atoms with van der Waals surface area (Å²) in [5.41, 5.74) is 1.31. The monoisotopic (exact) mass is 387 g/mol. The van der Waals surface area contributed by atoms with Crippen LogP contribution in [0.1, 0.15) is 31.2 Å². The van der Waals surface area contributed by atoms with Crippen molar-refractivity contribution in [2.24, 2.45) is 5.92 Å². The van der Waals surface area contributed by atoms with Crippen LogP contribution in [0.5, 0.6) is 0 Å². The topological polar surface area (TPSA) is 61.9 Å². The summed E-state index contributed by atoms with van der Waals surface area (Å²) in [5, 5.41) is 2.93. The van der Waals surface area contributed by atoms with E-state index in [0.29, 0.717) is 12.5 Å². The second kappa shape index (κ2) is 10.6. The van der Waals surface area contributed by atoms with Crippen molar-refractivity contribution in [2.45, 2.75) is 38.1 Å². The SMILES string of the molecule is CN(CC1CCOCC1)C(=O)CC1C(=O)NCCN1CCCc1ccccc1. The van der Waals surface area contributed by atoms with E-state index in [1.807, 2.05) is 13.1 Å². The lowest BCUT2D eigenvalue weighted by atomic mass is 9.99. The first-order chi connectivity index (χ1) is 13.6. The maximum atomic E-state index is 12.8. The second-order valence-corrected chi connectivity index (χ2v) is 7.97. The van der Waals surface area contributed by atoms with E-state index in [1.165, 1.54) is 5.56 Å². The fraction of sp³-hybridized carbons (Fsp3) is 0.636. The number of hydrogen-bond donors (Lipinski definition) is 1. The van der Waals surface area contributed by atoms with Gasteiger partial charge < -0.3 is 15.0 Å². The summed E-state index contributed by atoms with van der Waals surface area (Å²) in [6.07, 6.45) is 4.25. The number of piperazine rings is 1. The van der Waals surface area contributed by atoms with Crippen molar-refractivity contribution in [1.82, 2.24) is 15.1 Å². The standard InChI is InChI=1S/C22H33N3O3/c1-24(17-19-9-14-28-15-10-19)21(26)16-20-22(27)23-11-13-25(20)12-5-8-18-6-3-2-4-7-18/h2-4,6-7,19-20H,5,8-17H2,1H3,(H,23,27). The van der Waals surface area contributed by atoms with Crippen molar-refractivity contribution in [3.05, 3.63) is 35.9 Å². The molecule has 1 atom stereocenters. The molecular weight excluding hydrogens is 354 g/mol. The Hall–Kier alpha value is -1.92. The number of benzene rings is 1. The van der Waals surface area contributed by atoms with Crippen molar-refractivity contribution in [2.75, 3.05) is 46.4 Å². The minimum absolute atomic E-state index is 0.0150. The van der Waals surface area contributed by atoms with Crippen LogP contribution in [0, 0.1) is 5.92 Å². The maximum absolute atomic E-state index is 12.8. The van der Waals surface area contributed by atoms with Gasteiger partial charge in [-0.2, -0.15) is 0 Å². The van der Waals surface area contributed by atoms with Gasteiger partial charge >= 0.3 is 0 Å². The quantitative estimate of drug-likeness (QED) is 0.738. The van der Waals surface area contributed by atoms with Crippen LogP contribution in [0.2, 0.25) is 0 Å². The maximum Gasteiger partial charge on any atom is 0.237 e. The fourth-order valence-corrected chi connectivity index (χ4v) is 4.12. The Morgan fingerprint density at radius 3 is 2.75 bits per heavy atom. The minimum Gasteiger partial charge on any atom is -0.381 e. The van der Waals surface area contributed by atoms with Crippen LogP contribution in [0.3, 0.4) is 0 Å². The molecule has 0 aliphatic carbocycles. The van der Waals surface area contributed by atoms with E-state index in [0.717, 1.165) is 58.5 Å². The highest BCUT2D eigenvalue weighted by Crippen LogP contribution is 2.17. The first-order valence-corrected chi connectivity index (χ1v) is 10.5. The van der Waals surface area contributed by atoms with Gasteiger partial charge in [-0.1, -0.05) is 30.3 Å². The zero-order valence-corrected chi connectivity index (χ0v) is 16.9. The molecule has 0 aromatic heterocycles. The van der Waals surface area contributed by atoms with Gasteiger partial charge in [0.1, 0.15) is 0 Å². The lowest BCUT2D eigenvalue weighted by molar-refractivity contribution is -0.138. The number of nitrogens with zero attached hydrogens (tertiary/aromatic N) is 2. The lowest BCUT2D eigenvalue weighted by Crippen LogP contribution is -2.56. The van der Waals surface area contributed by atoms with E-state index in [4.69, 9.17) is 4.74 Å². The van der Waals surface area contributed by atoms with Gasteiger partial charge in [-0.25, -0.2) is 0 Å². The molecule has 6 heteroatoms. The number of carbonyl (C=O) groups is 2. The Kier molecular flexibility index (Phi) is 7.86. The van der Waals surface area contributed by atoms with E-state index in [2.05, 4.69) is 34.5 Å². The lowest BCUT2D eigenvalue weighted by Gasteiger charge is -2.36. The Morgan fingerprint density at radius 2 is 2.00 bits per heavy atom. The van der Waals surface area contributed by atoms with E-state index < -0.39 is 0 Å². The number of hydrogen-bond acceptors (Lipinski definition) is 4. The van der Waals surface area contributed by atoms with Crippen LogP contribution in [-0.2, 0) is 20.7 Å². The van der Waals surface area contributed by atoms with Crippen LogP contribution < -0.4 is 5.32 Å². The first kappa shape index (κ1) is 20.8. The third-order valence-corrected chi connectivity index (χ3v) is 5.86. The smallest absolute Gasteiger partial charge is 0.237 e. The minimum atomic E-state index is -0.353. The van der Waals surface area contributed by atoms with Gasteiger partial charge in [-0.15, -0.1) is 0 Å². The molecule has 2 fully saturated rings. The molecule has 1 aromatic rings. The molecule has 2 amide bonds. The zero-order valence-electron chi connectivity index (χ0n) is 16.9. The first-order valence-electron chi connectivity index (χ1n) is 10.5. The number of carbonyl (C=O) groups excluding carboxylic acids is 2. The predicted octanol–water partition coefficient (Wildman–Crippen LogP) is 1.69. The summed E-state index contributed by atoms with van der Waals surface area (Å²) in [4.78, 5) is 29.2. The number of ether oxygens (including phenoxy) is 1. The molecule has 154 valence electrons. The Bertz CT molecular complexity index is 631. The summed E-state index contributed by atoms with van der Waals surface area (Å²) < 4.78 is 5.40. The highest BCUT2D eigenvalue weighted by molar-refractivity contribution is 5.88. The van der Waals surface area contributed by atoms with Crippen LogP contribution in [0.15, 0.2) is 30.3 Å². The molecule has 1 N–H and O–H groups in total. The van der Waals surface area contributed by atoms with Gasteiger partial charge in [0, 0.05) is 39.9 Å². The summed E-state index contributed by atoms with van der Waals surface area (Å²) in [6, 6.07) is 10.1. The van der Waals surface area contributed by atoms with E-state index in [-0.39, 0.29) is 24.3 Å². The van der Waals surface area contributed by atoms with Crippen molar-refractivity contribution in [3.63, 3.8) is 0 Å². The van der Waals surface area contributed by atoms with E-state index >= 15 is 0 Å². The molecule has 2 aliphatic rings. The normalized spacial score (nSPS) is 21.3. The molecule has 1 unspecified atom stereocenters. The van der Waals surface area contributed by atoms with Gasteiger partial charge in [0.15, 0.2) is 0 Å². The number of nitrogens with one attached hydrogen (secondary N) is 1. The van der Waals surface area contributed by atoms with E-state index in [9.17, 15) is 9.59 Å². The van der Waals surface area contributed by atoms with E-state index in [1.54, 1.807) is 4.90 Å².